The lowest BCUT2D eigenvalue weighted by Gasteiger charge is -2.17. The quantitative estimate of drug-likeness (QED) is 0.698. The van der Waals surface area contributed by atoms with E-state index in [4.69, 9.17) is 0 Å². The maximum atomic E-state index is 9.97. The van der Waals surface area contributed by atoms with Crippen LogP contribution in [0.15, 0.2) is 35.8 Å². The third-order valence-corrected chi connectivity index (χ3v) is 3.71. The summed E-state index contributed by atoms with van der Waals surface area (Å²) < 4.78 is 0. The average molecular weight is 239 g/mol. The molecule has 0 amide bonds. The normalized spacial score (nSPS) is 23.9. The average Bonchev–Trinajstić information content (AvgIpc) is 2.79. The Morgan fingerprint density at radius 3 is 3.06 bits per heavy atom. The van der Waals surface area contributed by atoms with Gasteiger partial charge in [-0.15, -0.1) is 11.8 Å². The van der Waals surface area contributed by atoms with Crippen LogP contribution in [0.25, 0.3) is 0 Å². The van der Waals surface area contributed by atoms with Gasteiger partial charge in [-0.1, -0.05) is 24.8 Å². The van der Waals surface area contributed by atoms with Crippen molar-refractivity contribution >= 4 is 11.8 Å². The monoisotopic (exact) mass is 239 g/mol. The summed E-state index contributed by atoms with van der Waals surface area (Å²) in [5, 5.41) is 13.3. The first kappa shape index (κ1) is 13.6. The first-order chi connectivity index (χ1) is 7.77. The van der Waals surface area contributed by atoms with E-state index in [1.54, 1.807) is 17.8 Å². The molecule has 0 aromatic rings. The van der Waals surface area contributed by atoms with Crippen molar-refractivity contribution in [2.45, 2.75) is 31.9 Å². The predicted molar refractivity (Wildman–Crippen MR) is 72.6 cm³/mol. The van der Waals surface area contributed by atoms with Gasteiger partial charge in [-0.25, -0.2) is 0 Å². The fourth-order valence-corrected chi connectivity index (χ4v) is 2.79. The van der Waals surface area contributed by atoms with Gasteiger partial charge in [-0.05, 0) is 32.4 Å². The second-order valence-corrected chi connectivity index (χ2v) is 4.98. The van der Waals surface area contributed by atoms with Gasteiger partial charge in [0, 0.05) is 16.7 Å². The number of hydrogen-bond acceptors (Lipinski definition) is 3. The molecule has 2 atom stereocenters. The van der Waals surface area contributed by atoms with Crippen LogP contribution in [-0.4, -0.2) is 29.5 Å². The van der Waals surface area contributed by atoms with Gasteiger partial charge in [0.05, 0.1) is 6.10 Å². The second kappa shape index (κ2) is 7.71. The summed E-state index contributed by atoms with van der Waals surface area (Å²) in [6, 6.07) is 0.281. The Bertz CT molecular complexity index is 267. The standard InChI is InChI=1S/C13H21NOS/c1-3-6-11(7-4-2)16-10-13(15)12-8-5-9-14-12/h3-4,6-7,12-15H,1,5,8-10H2,2H3/b7-4-,11-6+. The predicted octanol–water partition coefficient (Wildman–Crippen LogP) is 2.48. The van der Waals surface area contributed by atoms with Gasteiger partial charge < -0.3 is 10.4 Å². The molecule has 0 aliphatic carbocycles. The molecule has 0 saturated carbocycles. The number of aliphatic hydroxyl groups is 1. The van der Waals surface area contributed by atoms with Crippen molar-refractivity contribution in [3.05, 3.63) is 35.8 Å². The van der Waals surface area contributed by atoms with Crippen LogP contribution in [-0.2, 0) is 0 Å². The number of allylic oxidation sites excluding steroid dienone is 4. The number of nitrogens with one attached hydrogen (secondary N) is 1. The third kappa shape index (κ3) is 4.56. The van der Waals surface area contributed by atoms with Gasteiger partial charge in [0.1, 0.15) is 0 Å². The Kier molecular flexibility index (Phi) is 6.53. The summed E-state index contributed by atoms with van der Waals surface area (Å²) in [7, 11) is 0. The molecule has 0 aromatic carbocycles. The van der Waals surface area contributed by atoms with Crippen molar-refractivity contribution in [2.75, 3.05) is 12.3 Å². The number of thioether (sulfide) groups is 1. The molecule has 16 heavy (non-hydrogen) atoms. The van der Waals surface area contributed by atoms with Crippen LogP contribution in [0.4, 0.5) is 0 Å². The minimum absolute atomic E-state index is 0.258. The molecule has 0 spiro atoms. The van der Waals surface area contributed by atoms with Crippen molar-refractivity contribution in [1.29, 1.82) is 0 Å². The molecule has 0 bridgehead atoms. The van der Waals surface area contributed by atoms with Crippen LogP contribution in [0.5, 0.6) is 0 Å². The minimum Gasteiger partial charge on any atom is -0.391 e. The molecule has 0 aromatic heterocycles. The van der Waals surface area contributed by atoms with Crippen LogP contribution in [0.1, 0.15) is 19.8 Å². The van der Waals surface area contributed by atoms with Crippen LogP contribution < -0.4 is 5.32 Å². The molecular formula is C13H21NOS. The molecule has 2 N–H and O–H groups in total. The maximum Gasteiger partial charge on any atom is 0.0786 e. The Morgan fingerprint density at radius 2 is 2.50 bits per heavy atom. The van der Waals surface area contributed by atoms with Crippen LogP contribution >= 0.6 is 11.8 Å². The lowest BCUT2D eigenvalue weighted by molar-refractivity contribution is 0.159. The van der Waals surface area contributed by atoms with Gasteiger partial charge in [0.25, 0.3) is 0 Å². The topological polar surface area (TPSA) is 32.3 Å². The van der Waals surface area contributed by atoms with Crippen LogP contribution in [0, 0.1) is 0 Å². The van der Waals surface area contributed by atoms with E-state index in [-0.39, 0.29) is 12.1 Å². The number of rotatable bonds is 6. The van der Waals surface area contributed by atoms with Crippen LogP contribution in [0.3, 0.4) is 0 Å². The summed E-state index contributed by atoms with van der Waals surface area (Å²) in [5.41, 5.74) is 0. The second-order valence-electron chi connectivity index (χ2n) is 3.89. The highest BCUT2D eigenvalue weighted by Crippen LogP contribution is 2.21. The first-order valence-corrected chi connectivity index (χ1v) is 6.76. The lowest BCUT2D eigenvalue weighted by Crippen LogP contribution is -2.36. The maximum absolute atomic E-state index is 9.97. The Balaban J connectivity index is 2.36. The lowest BCUT2D eigenvalue weighted by atomic mass is 10.1. The molecule has 90 valence electrons. The van der Waals surface area contributed by atoms with E-state index < -0.39 is 0 Å². The summed E-state index contributed by atoms with van der Waals surface area (Å²) in [6.45, 7) is 6.72. The summed E-state index contributed by atoms with van der Waals surface area (Å²) in [6.07, 6.45) is 9.81. The molecule has 2 unspecified atom stereocenters. The first-order valence-electron chi connectivity index (χ1n) is 5.77. The fourth-order valence-electron chi connectivity index (χ4n) is 1.77. The molecule has 1 aliphatic heterocycles. The van der Waals surface area contributed by atoms with Gasteiger partial charge in [-0.3, -0.25) is 0 Å². The Morgan fingerprint density at radius 1 is 1.69 bits per heavy atom. The molecule has 0 radical (unpaired) electrons. The molecule has 1 rings (SSSR count). The van der Waals surface area contributed by atoms with Crippen molar-refractivity contribution in [3.63, 3.8) is 0 Å². The SMILES string of the molecule is C=C/C=C(\C=C/C)SCC(O)C1CCCN1. The number of aliphatic hydroxyl groups excluding tert-OH is 1. The van der Waals surface area contributed by atoms with Crippen molar-refractivity contribution in [2.24, 2.45) is 0 Å². The Labute approximate surface area is 103 Å². The van der Waals surface area contributed by atoms with E-state index in [2.05, 4.69) is 11.9 Å². The van der Waals surface area contributed by atoms with Gasteiger partial charge in [0.15, 0.2) is 0 Å². The highest BCUT2D eigenvalue weighted by Gasteiger charge is 2.22. The smallest absolute Gasteiger partial charge is 0.0786 e. The van der Waals surface area contributed by atoms with Gasteiger partial charge in [0.2, 0.25) is 0 Å². The highest BCUT2D eigenvalue weighted by atomic mass is 32.2. The third-order valence-electron chi connectivity index (χ3n) is 2.60. The molecule has 1 saturated heterocycles. The molecule has 3 heteroatoms. The molecule has 2 nitrogen and oxygen atoms in total. The molecule has 1 heterocycles. The number of hydrogen-bond donors (Lipinski definition) is 2. The van der Waals surface area contributed by atoms with E-state index in [1.807, 2.05) is 25.2 Å². The van der Waals surface area contributed by atoms with Crippen molar-refractivity contribution < 1.29 is 5.11 Å². The fraction of sp³-hybridized carbons (Fsp3) is 0.538. The molecule has 1 aliphatic rings. The zero-order valence-corrected chi connectivity index (χ0v) is 10.7. The van der Waals surface area contributed by atoms with Crippen molar-refractivity contribution in [3.8, 4) is 0 Å². The van der Waals surface area contributed by atoms with Crippen molar-refractivity contribution in [1.82, 2.24) is 5.32 Å². The van der Waals surface area contributed by atoms with Crippen LogP contribution in [0.2, 0.25) is 0 Å². The highest BCUT2D eigenvalue weighted by molar-refractivity contribution is 8.03. The van der Waals surface area contributed by atoms with E-state index in [0.29, 0.717) is 0 Å². The summed E-state index contributed by atoms with van der Waals surface area (Å²) in [5.74, 6) is 0.738. The summed E-state index contributed by atoms with van der Waals surface area (Å²) >= 11 is 1.68. The largest absolute Gasteiger partial charge is 0.391 e. The molecular weight excluding hydrogens is 218 g/mol. The van der Waals surface area contributed by atoms with E-state index in [1.165, 1.54) is 6.42 Å². The summed E-state index contributed by atoms with van der Waals surface area (Å²) in [4.78, 5) is 1.15. The van der Waals surface area contributed by atoms with E-state index in [0.717, 1.165) is 23.6 Å². The minimum atomic E-state index is -0.258. The van der Waals surface area contributed by atoms with Gasteiger partial charge >= 0.3 is 0 Å². The Hall–Kier alpha value is -0.510. The van der Waals surface area contributed by atoms with Gasteiger partial charge in [-0.2, -0.15) is 0 Å². The molecule has 1 fully saturated rings. The van der Waals surface area contributed by atoms with E-state index in [9.17, 15) is 5.11 Å². The van der Waals surface area contributed by atoms with E-state index >= 15 is 0 Å². The zero-order valence-electron chi connectivity index (χ0n) is 9.86. The zero-order chi connectivity index (χ0) is 11.8.